The Morgan fingerprint density at radius 1 is 1.18 bits per heavy atom. The van der Waals surface area contributed by atoms with Crippen molar-refractivity contribution in [3.8, 4) is 11.6 Å². The van der Waals surface area contributed by atoms with Gasteiger partial charge in [-0.3, -0.25) is 10.1 Å². The van der Waals surface area contributed by atoms with E-state index < -0.39 is 70.4 Å². The maximum atomic E-state index is 14.7. The lowest BCUT2D eigenvalue weighted by Crippen LogP contribution is -2.45. The summed E-state index contributed by atoms with van der Waals surface area (Å²) in [6.45, 7) is 2.89. The molecule has 0 saturated carbocycles. The first-order chi connectivity index (χ1) is 18.3. The van der Waals surface area contributed by atoms with Crippen molar-refractivity contribution in [3.63, 3.8) is 0 Å². The van der Waals surface area contributed by atoms with Crippen LogP contribution < -0.4 is 5.32 Å². The number of aromatic nitrogens is 3. The van der Waals surface area contributed by atoms with Crippen LogP contribution in [0.5, 0.6) is 0 Å². The molecule has 1 aromatic carbocycles. The lowest BCUT2D eigenvalue weighted by molar-refractivity contribution is -0.384. The number of alkyl halides is 5. The van der Waals surface area contributed by atoms with Gasteiger partial charge in [0.1, 0.15) is 5.82 Å². The zero-order valence-electron chi connectivity index (χ0n) is 20.8. The number of nitrogens with zero attached hydrogens (tertiary/aromatic N) is 4. The summed E-state index contributed by atoms with van der Waals surface area (Å²) in [4.78, 5) is 14.7. The minimum atomic E-state index is -5.06. The van der Waals surface area contributed by atoms with Gasteiger partial charge in [0, 0.05) is 18.0 Å². The van der Waals surface area contributed by atoms with Gasteiger partial charge in [0.05, 0.1) is 17.1 Å². The third-order valence-corrected chi connectivity index (χ3v) is 6.19. The minimum absolute atomic E-state index is 0.269. The van der Waals surface area contributed by atoms with Gasteiger partial charge in [-0.1, -0.05) is 42.5 Å². The molecule has 0 radical (unpaired) electrons. The molecule has 1 aliphatic heterocycles. The molecule has 0 unspecified atom stereocenters. The van der Waals surface area contributed by atoms with E-state index in [1.807, 2.05) is 0 Å². The highest BCUT2D eigenvalue weighted by molar-refractivity contribution is 5.68. The third kappa shape index (κ3) is 5.90. The average Bonchev–Trinajstić information content (AvgIpc) is 3.34. The van der Waals surface area contributed by atoms with Gasteiger partial charge >= 0.3 is 11.9 Å². The van der Waals surface area contributed by atoms with E-state index in [0.717, 1.165) is 0 Å². The number of anilines is 1. The summed E-state index contributed by atoms with van der Waals surface area (Å²) < 4.78 is 82.7. The second kappa shape index (κ2) is 10.7. The van der Waals surface area contributed by atoms with Crippen molar-refractivity contribution in [1.82, 2.24) is 15.2 Å². The van der Waals surface area contributed by atoms with Crippen molar-refractivity contribution in [3.05, 3.63) is 75.7 Å². The van der Waals surface area contributed by atoms with E-state index in [9.17, 15) is 32.1 Å². The highest BCUT2D eigenvalue weighted by atomic mass is 19.4. The molecular weight excluding hydrogens is 529 g/mol. The molecule has 0 fully saturated rings. The lowest BCUT2D eigenvalue weighted by atomic mass is 9.95. The number of rotatable bonds is 5. The molecule has 0 aliphatic carbocycles. The Labute approximate surface area is 219 Å². The number of hydrogen-bond donors (Lipinski definition) is 1. The van der Waals surface area contributed by atoms with Crippen molar-refractivity contribution in [2.45, 2.75) is 63.5 Å². The van der Waals surface area contributed by atoms with Gasteiger partial charge in [-0.2, -0.15) is 13.2 Å². The molecular formula is C25H24F5N5O4. The topological polar surface area (TPSA) is 116 Å². The Kier molecular flexibility index (Phi) is 7.68. The quantitative estimate of drug-likeness (QED) is 0.157. The zero-order valence-corrected chi connectivity index (χ0v) is 20.8. The standard InChI is InChI=1S/C25H24F5N5O4/c1-23(2)11-7-4-8-12-24(25(28,29)30,38-14-15-9-5-3-6-10-15)22-34-33-21(39-22)18-17(35(36)37)13-16(19(26)27)20(31-18)32-23/h3-6,8-10,13,19H,7,11-12,14H2,1-2H3,(H,31,32)/b8-4-/t24-/m1/s1. The number of benzene rings is 1. The van der Waals surface area contributed by atoms with Crippen LogP contribution >= 0.6 is 0 Å². The van der Waals surface area contributed by atoms with E-state index >= 15 is 0 Å². The number of nitro groups is 1. The van der Waals surface area contributed by atoms with Crippen LogP contribution in [0.25, 0.3) is 11.6 Å². The molecule has 1 atom stereocenters. The highest BCUT2D eigenvalue weighted by Crippen LogP contribution is 2.47. The lowest BCUT2D eigenvalue weighted by Gasteiger charge is -2.32. The summed E-state index contributed by atoms with van der Waals surface area (Å²) in [6, 6.07) is 8.73. The van der Waals surface area contributed by atoms with Crippen LogP contribution in [0.4, 0.5) is 33.5 Å². The van der Waals surface area contributed by atoms with Crippen LogP contribution in [0.3, 0.4) is 0 Å². The fraction of sp³-hybridized carbons (Fsp3) is 0.400. The average molecular weight is 553 g/mol. The number of allylic oxidation sites excluding steroid dienone is 1. The third-order valence-electron chi connectivity index (χ3n) is 6.19. The molecule has 14 heteroatoms. The molecule has 2 aromatic heterocycles. The van der Waals surface area contributed by atoms with Crippen molar-refractivity contribution in [2.24, 2.45) is 0 Å². The van der Waals surface area contributed by atoms with Gasteiger partial charge in [0.15, 0.2) is 0 Å². The second-order valence-electron chi connectivity index (χ2n) is 9.59. The first-order valence-electron chi connectivity index (χ1n) is 11.8. The Balaban J connectivity index is 1.92. The first kappa shape index (κ1) is 28.1. The van der Waals surface area contributed by atoms with Crippen LogP contribution in [0.1, 0.15) is 56.6 Å². The second-order valence-corrected chi connectivity index (χ2v) is 9.59. The maximum absolute atomic E-state index is 14.7. The van der Waals surface area contributed by atoms with Gasteiger partial charge in [0.2, 0.25) is 11.3 Å². The van der Waals surface area contributed by atoms with Gasteiger partial charge in [-0.15, -0.1) is 10.2 Å². The summed E-state index contributed by atoms with van der Waals surface area (Å²) in [5, 5.41) is 21.8. The number of nitrogens with one attached hydrogen (secondary N) is 1. The summed E-state index contributed by atoms with van der Waals surface area (Å²) in [6.07, 6.45) is -5.56. The predicted molar refractivity (Wildman–Crippen MR) is 129 cm³/mol. The summed E-state index contributed by atoms with van der Waals surface area (Å²) in [7, 11) is 0. The van der Waals surface area contributed by atoms with Crippen molar-refractivity contribution >= 4 is 11.5 Å². The zero-order chi connectivity index (χ0) is 28.4. The summed E-state index contributed by atoms with van der Waals surface area (Å²) in [5.41, 5.74) is -5.88. The number of pyridine rings is 1. The van der Waals surface area contributed by atoms with Crippen LogP contribution in [0.15, 0.2) is 53.0 Å². The Hall–Kier alpha value is -3.94. The maximum Gasteiger partial charge on any atom is 0.426 e. The molecule has 3 aromatic rings. The molecule has 4 rings (SSSR count). The minimum Gasteiger partial charge on any atom is -0.415 e. The number of fused-ring (bicyclic) bond motifs is 5. The molecule has 39 heavy (non-hydrogen) atoms. The Morgan fingerprint density at radius 2 is 1.90 bits per heavy atom. The van der Waals surface area contributed by atoms with E-state index in [0.29, 0.717) is 18.1 Å². The molecule has 1 N–H and O–H groups in total. The van der Waals surface area contributed by atoms with Gasteiger partial charge in [0.25, 0.3) is 18.2 Å². The van der Waals surface area contributed by atoms with Crippen LogP contribution in [0.2, 0.25) is 0 Å². The molecule has 3 heterocycles. The predicted octanol–water partition coefficient (Wildman–Crippen LogP) is 6.88. The van der Waals surface area contributed by atoms with Crippen molar-refractivity contribution in [1.29, 1.82) is 0 Å². The van der Waals surface area contributed by atoms with Crippen LogP contribution in [-0.2, 0) is 16.9 Å². The SMILES string of the molecule is CC1(C)CC/C=C\C[C@](OCc2ccccc2)(C(F)(F)F)c2nnc(o2)-c2nc(c(C(F)F)cc2[N+](=O)[O-])N1. The van der Waals surface area contributed by atoms with Crippen molar-refractivity contribution in [2.75, 3.05) is 5.32 Å². The number of hydrogen-bond acceptors (Lipinski definition) is 8. The normalized spacial score (nSPS) is 20.2. The van der Waals surface area contributed by atoms with Crippen LogP contribution in [-0.4, -0.2) is 31.8 Å². The molecule has 4 bridgehead atoms. The van der Waals surface area contributed by atoms with E-state index in [1.54, 1.807) is 44.2 Å². The molecule has 208 valence electrons. The number of halogens is 5. The molecule has 0 amide bonds. The molecule has 9 nitrogen and oxygen atoms in total. The first-order valence-corrected chi connectivity index (χ1v) is 11.8. The molecule has 0 saturated heterocycles. The molecule has 0 spiro atoms. The van der Waals surface area contributed by atoms with Gasteiger partial charge in [-0.05, 0) is 32.3 Å². The van der Waals surface area contributed by atoms with Gasteiger partial charge in [-0.25, -0.2) is 13.8 Å². The van der Waals surface area contributed by atoms with E-state index in [1.165, 1.54) is 12.2 Å². The van der Waals surface area contributed by atoms with Crippen molar-refractivity contribution < 1.29 is 36.0 Å². The fourth-order valence-corrected chi connectivity index (χ4v) is 4.06. The van der Waals surface area contributed by atoms with E-state index in [-0.39, 0.29) is 12.2 Å². The van der Waals surface area contributed by atoms with Gasteiger partial charge < -0.3 is 14.5 Å². The van der Waals surface area contributed by atoms with E-state index in [2.05, 4.69) is 20.5 Å². The Bertz CT molecular complexity index is 1360. The Morgan fingerprint density at radius 3 is 2.54 bits per heavy atom. The smallest absolute Gasteiger partial charge is 0.415 e. The fourth-order valence-electron chi connectivity index (χ4n) is 4.06. The summed E-state index contributed by atoms with van der Waals surface area (Å²) >= 11 is 0. The monoisotopic (exact) mass is 553 g/mol. The number of ether oxygens (including phenoxy) is 1. The van der Waals surface area contributed by atoms with Crippen LogP contribution in [0, 0.1) is 10.1 Å². The summed E-state index contributed by atoms with van der Waals surface area (Å²) in [5.74, 6) is -2.15. The highest BCUT2D eigenvalue weighted by Gasteiger charge is 2.61. The molecule has 1 aliphatic rings. The largest absolute Gasteiger partial charge is 0.426 e. The van der Waals surface area contributed by atoms with E-state index in [4.69, 9.17) is 9.15 Å².